The first-order valence-corrected chi connectivity index (χ1v) is 13.4. The van der Waals surface area contributed by atoms with Gasteiger partial charge in [0.25, 0.3) is 11.5 Å². The van der Waals surface area contributed by atoms with E-state index in [2.05, 4.69) is 4.90 Å². The van der Waals surface area contributed by atoms with Gasteiger partial charge in [-0.25, -0.2) is 4.98 Å². The van der Waals surface area contributed by atoms with Gasteiger partial charge in [-0.2, -0.15) is 0 Å². The number of methoxy groups -OCH3 is 2. The number of thioether (sulfide) groups is 1. The third-order valence-electron chi connectivity index (χ3n) is 6.69. The van der Waals surface area contributed by atoms with Crippen LogP contribution in [-0.2, 0) is 11.2 Å². The molecule has 0 radical (unpaired) electrons. The molecule has 0 spiro atoms. The van der Waals surface area contributed by atoms with Crippen molar-refractivity contribution in [3.8, 4) is 11.5 Å². The minimum absolute atomic E-state index is 0.189. The van der Waals surface area contributed by atoms with E-state index >= 15 is 0 Å². The molecule has 1 aromatic carbocycles. The number of fused-ring (bicyclic) bond motifs is 1. The maximum absolute atomic E-state index is 13.6. The van der Waals surface area contributed by atoms with E-state index in [0.717, 1.165) is 37.1 Å². The molecule has 0 aliphatic carbocycles. The Morgan fingerprint density at radius 1 is 1.11 bits per heavy atom. The Morgan fingerprint density at radius 2 is 1.86 bits per heavy atom. The monoisotopic (exact) mass is 536 g/mol. The summed E-state index contributed by atoms with van der Waals surface area (Å²) in [5.74, 6) is 1.72. The summed E-state index contributed by atoms with van der Waals surface area (Å²) in [5.41, 5.74) is 2.79. The van der Waals surface area contributed by atoms with Crippen LogP contribution in [0.5, 0.6) is 11.5 Å². The zero-order valence-electron chi connectivity index (χ0n) is 21.0. The topological polar surface area (TPSA) is 76.4 Å². The number of hydrogen-bond donors (Lipinski definition) is 0. The number of carbonyl (C=O) groups excluding carboxylic acids is 1. The molecule has 2 saturated heterocycles. The highest BCUT2D eigenvalue weighted by molar-refractivity contribution is 8.26. The molecule has 4 heterocycles. The summed E-state index contributed by atoms with van der Waals surface area (Å²) in [6, 6.07) is 9.47. The quantitative estimate of drug-likeness (QED) is 0.331. The van der Waals surface area contributed by atoms with Crippen molar-refractivity contribution in [1.29, 1.82) is 0 Å². The molecular formula is C27H28N4O4S2. The summed E-state index contributed by atoms with van der Waals surface area (Å²) in [6.45, 7) is 4.03. The molecule has 0 bridgehead atoms. The fourth-order valence-electron chi connectivity index (χ4n) is 4.70. The van der Waals surface area contributed by atoms with Crippen LogP contribution in [-0.4, -0.2) is 58.4 Å². The number of nitrogens with zero attached hydrogens (tertiary/aromatic N) is 4. The van der Waals surface area contributed by atoms with Gasteiger partial charge >= 0.3 is 0 Å². The smallest absolute Gasteiger partial charge is 0.267 e. The van der Waals surface area contributed by atoms with Crippen LogP contribution in [0.4, 0.5) is 5.82 Å². The largest absolute Gasteiger partial charge is 0.493 e. The molecule has 1 amide bonds. The average molecular weight is 537 g/mol. The number of hydrogen-bond acceptors (Lipinski definition) is 8. The molecule has 37 heavy (non-hydrogen) atoms. The predicted octanol–water partition coefficient (Wildman–Crippen LogP) is 4.06. The standard InChI is InChI=1S/C27H28N4O4S2/c1-17-7-6-13-30-23(17)28-24(29-11-4-5-12-29)19(25(30)32)16-22-26(33)31(27(36)37-22)14-10-18-8-9-20(34-2)21(15-18)35-3/h6-9,13,15-16H,4-5,10-12,14H2,1-3H3/b22-16+. The lowest BCUT2D eigenvalue weighted by Crippen LogP contribution is -2.30. The lowest BCUT2D eigenvalue weighted by atomic mass is 10.1. The van der Waals surface area contributed by atoms with Gasteiger partial charge in [-0.05, 0) is 61.6 Å². The first-order valence-electron chi connectivity index (χ1n) is 12.1. The van der Waals surface area contributed by atoms with Crippen LogP contribution < -0.4 is 19.9 Å². The molecule has 3 aromatic rings. The van der Waals surface area contributed by atoms with Crippen molar-refractivity contribution in [3.63, 3.8) is 0 Å². The summed E-state index contributed by atoms with van der Waals surface area (Å²) in [7, 11) is 3.19. The Labute approximate surface area is 224 Å². The molecule has 2 aliphatic rings. The minimum Gasteiger partial charge on any atom is -0.493 e. The van der Waals surface area contributed by atoms with E-state index in [-0.39, 0.29) is 11.5 Å². The van der Waals surface area contributed by atoms with Gasteiger partial charge in [0.05, 0.1) is 24.7 Å². The Hall–Kier alpha value is -3.37. The highest BCUT2D eigenvalue weighted by Gasteiger charge is 2.33. The number of rotatable bonds is 7. The maximum Gasteiger partial charge on any atom is 0.267 e. The molecule has 0 saturated carbocycles. The molecule has 0 unspecified atom stereocenters. The number of aryl methyl sites for hydroxylation is 1. The van der Waals surface area contributed by atoms with Crippen LogP contribution in [0.3, 0.4) is 0 Å². The Bertz CT molecular complexity index is 1480. The maximum atomic E-state index is 13.6. The average Bonchev–Trinajstić information content (AvgIpc) is 3.53. The molecule has 8 nitrogen and oxygen atoms in total. The van der Waals surface area contributed by atoms with Gasteiger partial charge in [-0.15, -0.1) is 0 Å². The third kappa shape index (κ3) is 4.83. The molecule has 10 heteroatoms. The molecule has 0 N–H and O–H groups in total. The third-order valence-corrected chi connectivity index (χ3v) is 8.07. The van der Waals surface area contributed by atoms with E-state index in [1.54, 1.807) is 35.8 Å². The van der Waals surface area contributed by atoms with Crippen molar-refractivity contribution < 1.29 is 14.3 Å². The zero-order chi connectivity index (χ0) is 26.1. The summed E-state index contributed by atoms with van der Waals surface area (Å²) in [6.07, 6.45) is 6.09. The number of thiocarbonyl (C=S) groups is 1. The number of ether oxygens (including phenoxy) is 2. The molecule has 0 atom stereocenters. The second-order valence-corrected chi connectivity index (χ2v) is 10.7. The Morgan fingerprint density at radius 3 is 2.59 bits per heavy atom. The lowest BCUT2D eigenvalue weighted by Gasteiger charge is -2.20. The van der Waals surface area contributed by atoms with Gasteiger partial charge in [0.1, 0.15) is 15.8 Å². The van der Waals surface area contributed by atoms with Crippen molar-refractivity contribution in [2.24, 2.45) is 0 Å². The van der Waals surface area contributed by atoms with Crippen LogP contribution in [0.15, 0.2) is 46.2 Å². The Kier molecular flexibility index (Phi) is 7.21. The summed E-state index contributed by atoms with van der Waals surface area (Å²) in [4.78, 5) is 36.0. The van der Waals surface area contributed by atoms with E-state index in [1.165, 1.54) is 11.8 Å². The van der Waals surface area contributed by atoms with Gasteiger partial charge in [0.2, 0.25) is 0 Å². The molecule has 2 aliphatic heterocycles. The molecular weight excluding hydrogens is 508 g/mol. The predicted molar refractivity (Wildman–Crippen MR) is 151 cm³/mol. The number of aromatic nitrogens is 2. The van der Waals surface area contributed by atoms with E-state index in [9.17, 15) is 9.59 Å². The number of pyridine rings is 1. The molecule has 2 aromatic heterocycles. The van der Waals surface area contributed by atoms with Gasteiger partial charge < -0.3 is 14.4 Å². The van der Waals surface area contributed by atoms with Gasteiger partial charge in [0, 0.05) is 25.8 Å². The number of anilines is 1. The normalized spacial score (nSPS) is 16.9. The van der Waals surface area contributed by atoms with Gasteiger partial charge in [-0.3, -0.25) is 18.9 Å². The lowest BCUT2D eigenvalue weighted by molar-refractivity contribution is -0.122. The van der Waals surface area contributed by atoms with Crippen molar-refractivity contribution in [3.05, 3.63) is 68.5 Å². The first-order chi connectivity index (χ1) is 17.9. The second-order valence-electron chi connectivity index (χ2n) is 9.01. The van der Waals surface area contributed by atoms with Crippen molar-refractivity contribution >= 4 is 51.7 Å². The highest BCUT2D eigenvalue weighted by Crippen LogP contribution is 2.35. The fraction of sp³-hybridized carbons (Fsp3) is 0.333. The van der Waals surface area contributed by atoms with Gasteiger partial charge in [0.15, 0.2) is 11.5 Å². The molecule has 192 valence electrons. The zero-order valence-corrected chi connectivity index (χ0v) is 22.7. The van der Waals surface area contributed by atoms with Crippen LogP contribution in [0, 0.1) is 6.92 Å². The molecule has 2 fully saturated rings. The summed E-state index contributed by atoms with van der Waals surface area (Å²) >= 11 is 6.78. The second kappa shape index (κ2) is 10.5. The first kappa shape index (κ1) is 25.3. The summed E-state index contributed by atoms with van der Waals surface area (Å²) < 4.78 is 12.7. The highest BCUT2D eigenvalue weighted by atomic mass is 32.2. The number of carbonyl (C=O) groups is 1. The van der Waals surface area contributed by atoms with Crippen LogP contribution in [0.25, 0.3) is 11.7 Å². The SMILES string of the molecule is COc1ccc(CCN2C(=O)/C(=C\c3c(N4CCCC4)nc4c(C)cccn4c3=O)SC2=S)cc1OC. The van der Waals surface area contributed by atoms with E-state index < -0.39 is 0 Å². The minimum atomic E-state index is -0.198. The van der Waals surface area contributed by atoms with Crippen LogP contribution in [0.2, 0.25) is 0 Å². The van der Waals surface area contributed by atoms with E-state index in [1.807, 2.05) is 37.3 Å². The van der Waals surface area contributed by atoms with E-state index in [0.29, 0.717) is 50.7 Å². The van der Waals surface area contributed by atoms with Crippen LogP contribution in [0.1, 0.15) is 29.5 Å². The van der Waals surface area contributed by atoms with E-state index in [4.69, 9.17) is 26.7 Å². The number of amides is 1. The number of benzene rings is 1. The van der Waals surface area contributed by atoms with Gasteiger partial charge in [-0.1, -0.05) is 36.1 Å². The summed E-state index contributed by atoms with van der Waals surface area (Å²) in [5, 5.41) is 0. The fourth-order valence-corrected chi connectivity index (χ4v) is 5.99. The van der Waals surface area contributed by atoms with Crippen molar-refractivity contribution in [2.45, 2.75) is 26.2 Å². The van der Waals surface area contributed by atoms with Crippen molar-refractivity contribution in [2.75, 3.05) is 38.8 Å². The van der Waals surface area contributed by atoms with Crippen molar-refractivity contribution in [1.82, 2.24) is 14.3 Å². The van der Waals surface area contributed by atoms with Crippen LogP contribution >= 0.6 is 24.0 Å². The molecule has 5 rings (SSSR count). The Balaban J connectivity index is 1.45.